The third-order valence-electron chi connectivity index (χ3n) is 3.90. The van der Waals surface area contributed by atoms with E-state index >= 15 is 0 Å². The minimum atomic E-state index is 0.0285. The van der Waals surface area contributed by atoms with Gasteiger partial charge in [-0.25, -0.2) is 0 Å². The van der Waals surface area contributed by atoms with Crippen molar-refractivity contribution in [1.82, 2.24) is 10.2 Å². The summed E-state index contributed by atoms with van der Waals surface area (Å²) in [7, 11) is 0. The number of Topliss-reactive ketones (excluding diaryl/α,β-unsaturated/α-hetero) is 1. The van der Waals surface area contributed by atoms with Crippen LogP contribution in [0.5, 0.6) is 0 Å². The lowest BCUT2D eigenvalue weighted by atomic mass is 10.1. The smallest absolute Gasteiger partial charge is 0.189 e. The summed E-state index contributed by atoms with van der Waals surface area (Å²) in [6, 6.07) is 9.40. The van der Waals surface area contributed by atoms with Gasteiger partial charge in [-0.15, -0.1) is 0 Å². The van der Waals surface area contributed by atoms with Crippen LogP contribution in [0.2, 0.25) is 5.02 Å². The number of ketones is 1. The van der Waals surface area contributed by atoms with Gasteiger partial charge in [0.05, 0.1) is 11.4 Å². The van der Waals surface area contributed by atoms with Crippen LogP contribution in [-0.4, -0.2) is 16.0 Å². The molecule has 0 saturated heterocycles. The van der Waals surface area contributed by atoms with Crippen molar-refractivity contribution in [2.45, 2.75) is 27.2 Å². The zero-order valence-corrected chi connectivity index (χ0v) is 16.1. The average Bonchev–Trinajstić information content (AvgIpc) is 3.23. The lowest BCUT2D eigenvalue weighted by Gasteiger charge is -1.95. The van der Waals surface area contributed by atoms with Crippen molar-refractivity contribution in [3.63, 3.8) is 0 Å². The summed E-state index contributed by atoms with van der Waals surface area (Å²) in [6.07, 6.45) is 7.99. The zero-order chi connectivity index (χ0) is 19.1. The van der Waals surface area contributed by atoms with Crippen LogP contribution in [-0.2, 0) is 4.79 Å². The van der Waals surface area contributed by atoms with Crippen molar-refractivity contribution in [3.05, 3.63) is 82.6 Å². The van der Waals surface area contributed by atoms with E-state index in [0.29, 0.717) is 17.0 Å². The molecule has 2 aromatic rings. The number of aromatic amines is 1. The van der Waals surface area contributed by atoms with Gasteiger partial charge in [-0.05, 0) is 36.8 Å². The van der Waals surface area contributed by atoms with Crippen LogP contribution >= 0.6 is 11.6 Å². The van der Waals surface area contributed by atoms with Gasteiger partial charge >= 0.3 is 0 Å². The molecule has 26 heavy (non-hydrogen) atoms. The number of rotatable bonds is 4. The Morgan fingerprint density at radius 2 is 1.92 bits per heavy atom. The predicted molar refractivity (Wildman–Crippen MR) is 110 cm³/mol. The Balaban J connectivity index is 0.00000117. The third kappa shape index (κ3) is 4.30. The molecule has 0 unspecified atom stereocenters. The van der Waals surface area contributed by atoms with Gasteiger partial charge in [0.1, 0.15) is 0 Å². The zero-order valence-electron chi connectivity index (χ0n) is 15.3. The van der Waals surface area contributed by atoms with Gasteiger partial charge in [-0.1, -0.05) is 62.4 Å². The van der Waals surface area contributed by atoms with E-state index in [1.165, 1.54) is 0 Å². The van der Waals surface area contributed by atoms with Gasteiger partial charge in [0.15, 0.2) is 5.78 Å². The molecule has 0 fully saturated rings. The van der Waals surface area contributed by atoms with Crippen molar-refractivity contribution < 1.29 is 4.79 Å². The van der Waals surface area contributed by atoms with E-state index in [-0.39, 0.29) is 5.78 Å². The highest BCUT2D eigenvalue weighted by molar-refractivity contribution is 6.30. The summed E-state index contributed by atoms with van der Waals surface area (Å²) in [5.74, 6) is 0.0285. The molecule has 0 aliphatic heterocycles. The molecule has 0 spiro atoms. The molecule has 1 aromatic heterocycles. The number of carbonyl (C=O) groups is 1. The summed E-state index contributed by atoms with van der Waals surface area (Å²) in [4.78, 5) is 12.5. The first kappa shape index (κ1) is 19.7. The molecule has 134 valence electrons. The number of benzene rings is 1. The molecule has 0 radical (unpaired) electrons. The van der Waals surface area contributed by atoms with Crippen molar-refractivity contribution in [2.75, 3.05) is 0 Å². The number of H-pyrrole nitrogens is 1. The van der Waals surface area contributed by atoms with E-state index in [9.17, 15) is 4.79 Å². The Morgan fingerprint density at radius 3 is 2.54 bits per heavy atom. The highest BCUT2D eigenvalue weighted by Crippen LogP contribution is 2.31. The number of carbonyl (C=O) groups excluding carboxylic acids is 1. The third-order valence-corrected chi connectivity index (χ3v) is 4.15. The molecule has 0 atom stereocenters. The number of allylic oxidation sites excluding steroid dienone is 6. The first-order valence-corrected chi connectivity index (χ1v) is 9.05. The van der Waals surface area contributed by atoms with E-state index in [2.05, 4.69) is 16.8 Å². The van der Waals surface area contributed by atoms with Crippen molar-refractivity contribution >= 4 is 23.5 Å². The maximum absolute atomic E-state index is 12.5. The molecule has 0 amide bonds. The Bertz CT molecular complexity index is 883. The largest absolute Gasteiger partial charge is 0.289 e. The van der Waals surface area contributed by atoms with E-state index in [0.717, 1.165) is 28.1 Å². The summed E-state index contributed by atoms with van der Waals surface area (Å²) in [5, 5.41) is 7.97. The fourth-order valence-electron chi connectivity index (χ4n) is 2.76. The molecule has 4 heteroatoms. The van der Waals surface area contributed by atoms with Gasteiger partial charge in [0.25, 0.3) is 0 Å². The molecule has 1 aliphatic carbocycles. The number of halogens is 1. The van der Waals surface area contributed by atoms with Crippen molar-refractivity contribution in [1.29, 1.82) is 0 Å². The molecule has 0 bridgehead atoms. The maximum Gasteiger partial charge on any atom is 0.189 e. The van der Waals surface area contributed by atoms with Gasteiger partial charge in [-0.2, -0.15) is 5.10 Å². The molecular weight excluding hydrogens is 344 g/mol. The molecule has 3 rings (SSSR count). The Kier molecular flexibility index (Phi) is 6.93. The van der Waals surface area contributed by atoms with Crippen molar-refractivity contribution in [2.24, 2.45) is 0 Å². The topological polar surface area (TPSA) is 45.8 Å². The monoisotopic (exact) mass is 366 g/mol. The Hall–Kier alpha value is -2.65. The number of nitrogens with one attached hydrogen (secondary N) is 1. The minimum absolute atomic E-state index is 0.0285. The summed E-state index contributed by atoms with van der Waals surface area (Å²) >= 11 is 5.91. The standard InChI is InChI=1S/C20H17ClN2O.C2H6/c1-3-5-14-10-15(20(24)18(14)4-2)11-17-12-19(23-22-17)13-6-8-16(21)9-7-13;1-2/h3-9,11-12H,2,10H2,1H3,(H,22,23);1-2H3/b5-3-,15-11+;. The van der Waals surface area contributed by atoms with Crippen LogP contribution in [0, 0.1) is 0 Å². The van der Waals surface area contributed by atoms with Crippen LogP contribution < -0.4 is 0 Å². The quantitative estimate of drug-likeness (QED) is 0.657. The van der Waals surface area contributed by atoms with E-state index in [1.807, 2.05) is 69.3 Å². The van der Waals surface area contributed by atoms with E-state index in [4.69, 9.17) is 11.6 Å². The lowest BCUT2D eigenvalue weighted by Crippen LogP contribution is -1.96. The summed E-state index contributed by atoms with van der Waals surface area (Å²) in [6.45, 7) is 9.68. The summed E-state index contributed by atoms with van der Waals surface area (Å²) in [5.41, 5.74) is 5.00. The highest BCUT2D eigenvalue weighted by Gasteiger charge is 2.24. The Labute approximate surface area is 159 Å². The average molecular weight is 367 g/mol. The van der Waals surface area contributed by atoms with Crippen molar-refractivity contribution in [3.8, 4) is 11.3 Å². The molecule has 3 nitrogen and oxygen atoms in total. The number of nitrogens with zero attached hydrogens (tertiary/aromatic N) is 1. The molecule has 1 aliphatic rings. The van der Waals surface area contributed by atoms with Gasteiger partial charge in [0, 0.05) is 28.2 Å². The normalized spacial score (nSPS) is 15.5. The molecular formula is C22H23ClN2O. The van der Waals surface area contributed by atoms with Crippen LogP contribution in [0.25, 0.3) is 17.3 Å². The molecule has 0 saturated carbocycles. The van der Waals surface area contributed by atoms with Gasteiger partial charge in [0.2, 0.25) is 0 Å². The lowest BCUT2D eigenvalue weighted by molar-refractivity contribution is -0.111. The number of hydrogen-bond acceptors (Lipinski definition) is 2. The second kappa shape index (κ2) is 9.16. The predicted octanol–water partition coefficient (Wildman–Crippen LogP) is 6.17. The van der Waals surface area contributed by atoms with Gasteiger partial charge < -0.3 is 0 Å². The van der Waals surface area contributed by atoms with Crippen LogP contribution in [0.3, 0.4) is 0 Å². The minimum Gasteiger partial charge on any atom is -0.289 e. The maximum atomic E-state index is 12.5. The number of aromatic nitrogens is 2. The van der Waals surface area contributed by atoms with E-state index < -0.39 is 0 Å². The first-order chi connectivity index (χ1) is 12.6. The van der Waals surface area contributed by atoms with Crippen LogP contribution in [0.4, 0.5) is 0 Å². The highest BCUT2D eigenvalue weighted by atomic mass is 35.5. The fourth-order valence-corrected chi connectivity index (χ4v) is 2.88. The van der Waals surface area contributed by atoms with E-state index in [1.54, 1.807) is 6.08 Å². The van der Waals surface area contributed by atoms with Crippen LogP contribution in [0.15, 0.2) is 71.9 Å². The fraction of sp³-hybridized carbons (Fsp3) is 0.182. The first-order valence-electron chi connectivity index (χ1n) is 8.67. The second-order valence-corrected chi connectivity index (χ2v) is 5.97. The molecule has 1 N–H and O–H groups in total. The second-order valence-electron chi connectivity index (χ2n) is 5.53. The van der Waals surface area contributed by atoms with Crippen LogP contribution in [0.1, 0.15) is 32.9 Å². The van der Waals surface area contributed by atoms with Gasteiger partial charge in [-0.3, -0.25) is 9.89 Å². The number of hydrogen-bond donors (Lipinski definition) is 1. The molecule has 1 heterocycles. The summed E-state index contributed by atoms with van der Waals surface area (Å²) < 4.78 is 0. The Morgan fingerprint density at radius 1 is 1.23 bits per heavy atom. The SMILES string of the molecule is C=CC1=C(/C=C\C)C/C(=C\c2cc(-c3ccc(Cl)cc3)n[nH]2)C1=O.CC. The molecule has 1 aromatic carbocycles.